The summed E-state index contributed by atoms with van der Waals surface area (Å²) in [5.41, 5.74) is 4.18. The third-order valence-corrected chi connectivity index (χ3v) is 4.34. The van der Waals surface area contributed by atoms with Crippen molar-refractivity contribution in [3.63, 3.8) is 0 Å². The molecule has 3 rings (SSSR count). The molecule has 22 heavy (non-hydrogen) atoms. The van der Waals surface area contributed by atoms with E-state index in [-0.39, 0.29) is 0 Å². The molecule has 1 fully saturated rings. The Bertz CT molecular complexity index is 582. The Morgan fingerprint density at radius 2 is 2.14 bits per heavy atom. The first kappa shape index (κ1) is 15.2. The lowest BCUT2D eigenvalue weighted by Crippen LogP contribution is -2.45. The van der Waals surface area contributed by atoms with Crippen LogP contribution in [0.1, 0.15) is 36.1 Å². The van der Waals surface area contributed by atoms with Gasteiger partial charge in [-0.1, -0.05) is 43.7 Å². The average Bonchev–Trinajstić information content (AvgIpc) is 2.57. The summed E-state index contributed by atoms with van der Waals surface area (Å²) >= 11 is 0. The SMILES string of the molecule is CCCc1cccc(CN2CCNCC2c2cccnc2)c1. The number of piperazine rings is 1. The summed E-state index contributed by atoms with van der Waals surface area (Å²) in [6.45, 7) is 6.39. The van der Waals surface area contributed by atoms with Crippen molar-refractivity contribution in [3.05, 3.63) is 65.5 Å². The maximum atomic E-state index is 4.29. The number of hydrogen-bond acceptors (Lipinski definition) is 3. The van der Waals surface area contributed by atoms with Gasteiger partial charge in [0.05, 0.1) is 0 Å². The number of aromatic nitrogens is 1. The van der Waals surface area contributed by atoms with E-state index in [2.05, 4.69) is 52.5 Å². The first-order chi connectivity index (χ1) is 10.9. The number of pyridine rings is 1. The van der Waals surface area contributed by atoms with Crippen molar-refractivity contribution < 1.29 is 0 Å². The topological polar surface area (TPSA) is 28.2 Å². The van der Waals surface area contributed by atoms with Crippen LogP contribution in [0.2, 0.25) is 0 Å². The van der Waals surface area contributed by atoms with Gasteiger partial charge < -0.3 is 5.32 Å². The molecule has 0 saturated carbocycles. The lowest BCUT2D eigenvalue weighted by Gasteiger charge is -2.36. The molecule has 0 amide bonds. The van der Waals surface area contributed by atoms with E-state index in [0.29, 0.717) is 6.04 Å². The van der Waals surface area contributed by atoms with Crippen LogP contribution >= 0.6 is 0 Å². The van der Waals surface area contributed by atoms with Gasteiger partial charge >= 0.3 is 0 Å². The normalized spacial score (nSPS) is 19.2. The largest absolute Gasteiger partial charge is 0.314 e. The molecule has 1 unspecified atom stereocenters. The number of nitrogens with one attached hydrogen (secondary N) is 1. The fraction of sp³-hybridized carbons (Fsp3) is 0.421. The molecule has 1 aliphatic rings. The number of rotatable bonds is 5. The van der Waals surface area contributed by atoms with Crippen LogP contribution < -0.4 is 5.32 Å². The molecule has 3 nitrogen and oxygen atoms in total. The minimum absolute atomic E-state index is 0.414. The number of nitrogens with zero attached hydrogens (tertiary/aromatic N) is 2. The highest BCUT2D eigenvalue weighted by Gasteiger charge is 2.23. The zero-order valence-corrected chi connectivity index (χ0v) is 13.3. The molecule has 0 bridgehead atoms. The van der Waals surface area contributed by atoms with Crippen LogP contribution in [0.4, 0.5) is 0 Å². The Balaban J connectivity index is 1.75. The van der Waals surface area contributed by atoms with Crippen LogP contribution in [0, 0.1) is 0 Å². The predicted octanol–water partition coefficient (Wildman–Crippen LogP) is 3.18. The van der Waals surface area contributed by atoms with E-state index in [0.717, 1.165) is 26.2 Å². The van der Waals surface area contributed by atoms with Gasteiger partial charge in [-0.05, 0) is 29.2 Å². The Kier molecular flexibility index (Phi) is 5.20. The third-order valence-electron chi connectivity index (χ3n) is 4.34. The van der Waals surface area contributed by atoms with Crippen LogP contribution in [0.3, 0.4) is 0 Å². The molecule has 2 heterocycles. The van der Waals surface area contributed by atoms with Crippen LogP contribution in [0.5, 0.6) is 0 Å². The van der Waals surface area contributed by atoms with Gasteiger partial charge in [-0.2, -0.15) is 0 Å². The Morgan fingerprint density at radius 3 is 2.95 bits per heavy atom. The quantitative estimate of drug-likeness (QED) is 0.918. The zero-order valence-electron chi connectivity index (χ0n) is 13.3. The molecule has 1 aliphatic heterocycles. The molecular formula is C19H25N3. The molecule has 1 atom stereocenters. The van der Waals surface area contributed by atoms with Crippen LogP contribution in [-0.2, 0) is 13.0 Å². The molecule has 0 spiro atoms. The summed E-state index contributed by atoms with van der Waals surface area (Å²) in [7, 11) is 0. The molecule has 2 aromatic rings. The summed E-state index contributed by atoms with van der Waals surface area (Å²) in [5, 5.41) is 3.51. The smallest absolute Gasteiger partial charge is 0.0491 e. The molecule has 1 N–H and O–H groups in total. The maximum absolute atomic E-state index is 4.29. The summed E-state index contributed by atoms with van der Waals surface area (Å²) in [4.78, 5) is 6.85. The van der Waals surface area contributed by atoms with Gasteiger partial charge in [0.1, 0.15) is 0 Å². The Morgan fingerprint density at radius 1 is 1.23 bits per heavy atom. The second kappa shape index (κ2) is 7.52. The minimum atomic E-state index is 0.414. The second-order valence-corrected chi connectivity index (χ2v) is 6.05. The van der Waals surface area contributed by atoms with Gasteiger partial charge in [-0.15, -0.1) is 0 Å². The fourth-order valence-corrected chi connectivity index (χ4v) is 3.24. The first-order valence-electron chi connectivity index (χ1n) is 8.29. The summed E-state index contributed by atoms with van der Waals surface area (Å²) in [6.07, 6.45) is 6.22. The van der Waals surface area contributed by atoms with Gasteiger partial charge in [-0.3, -0.25) is 9.88 Å². The van der Waals surface area contributed by atoms with E-state index in [1.54, 1.807) is 0 Å². The predicted molar refractivity (Wildman–Crippen MR) is 90.7 cm³/mol. The van der Waals surface area contributed by atoms with Gasteiger partial charge in [0, 0.05) is 44.6 Å². The molecule has 1 saturated heterocycles. The third kappa shape index (κ3) is 3.73. The van der Waals surface area contributed by atoms with Crippen molar-refractivity contribution in [2.24, 2.45) is 0 Å². The highest BCUT2D eigenvalue weighted by Crippen LogP contribution is 2.23. The molecule has 1 aromatic heterocycles. The summed E-state index contributed by atoms with van der Waals surface area (Å²) < 4.78 is 0. The van der Waals surface area contributed by atoms with Crippen molar-refractivity contribution in [3.8, 4) is 0 Å². The standard InChI is InChI=1S/C19H25N3/c1-2-5-16-6-3-7-17(12-16)15-22-11-10-21-14-19(22)18-8-4-9-20-13-18/h3-4,6-9,12-13,19,21H,2,5,10-11,14-15H2,1H3. The van der Waals surface area contributed by atoms with Crippen LogP contribution in [0.25, 0.3) is 0 Å². The number of benzene rings is 1. The monoisotopic (exact) mass is 295 g/mol. The lowest BCUT2D eigenvalue weighted by atomic mass is 10.0. The van der Waals surface area contributed by atoms with Gasteiger partial charge in [-0.25, -0.2) is 0 Å². The van der Waals surface area contributed by atoms with Crippen molar-refractivity contribution >= 4 is 0 Å². The number of aryl methyl sites for hydroxylation is 1. The van der Waals surface area contributed by atoms with Crippen LogP contribution in [-0.4, -0.2) is 29.5 Å². The Labute approximate surface area is 133 Å². The van der Waals surface area contributed by atoms with Crippen molar-refractivity contribution in [1.29, 1.82) is 0 Å². The van der Waals surface area contributed by atoms with Gasteiger partial charge in [0.2, 0.25) is 0 Å². The molecule has 3 heteroatoms. The van der Waals surface area contributed by atoms with Gasteiger partial charge in [0.15, 0.2) is 0 Å². The number of hydrogen-bond donors (Lipinski definition) is 1. The molecule has 0 aliphatic carbocycles. The lowest BCUT2D eigenvalue weighted by molar-refractivity contribution is 0.153. The van der Waals surface area contributed by atoms with E-state index in [4.69, 9.17) is 0 Å². The van der Waals surface area contributed by atoms with Crippen LogP contribution in [0.15, 0.2) is 48.8 Å². The van der Waals surface area contributed by atoms with E-state index >= 15 is 0 Å². The average molecular weight is 295 g/mol. The minimum Gasteiger partial charge on any atom is -0.314 e. The fourth-order valence-electron chi connectivity index (χ4n) is 3.24. The molecule has 0 radical (unpaired) electrons. The molecule has 116 valence electrons. The van der Waals surface area contributed by atoms with E-state index in [1.165, 1.54) is 29.5 Å². The van der Waals surface area contributed by atoms with Crippen molar-refractivity contribution in [2.45, 2.75) is 32.4 Å². The molecular weight excluding hydrogens is 270 g/mol. The van der Waals surface area contributed by atoms with Crippen molar-refractivity contribution in [2.75, 3.05) is 19.6 Å². The maximum Gasteiger partial charge on any atom is 0.0491 e. The second-order valence-electron chi connectivity index (χ2n) is 6.05. The highest BCUT2D eigenvalue weighted by atomic mass is 15.2. The summed E-state index contributed by atoms with van der Waals surface area (Å²) in [5.74, 6) is 0. The van der Waals surface area contributed by atoms with E-state index < -0.39 is 0 Å². The van der Waals surface area contributed by atoms with Gasteiger partial charge in [0.25, 0.3) is 0 Å². The molecule has 1 aromatic carbocycles. The summed E-state index contributed by atoms with van der Waals surface area (Å²) in [6, 6.07) is 13.7. The first-order valence-corrected chi connectivity index (χ1v) is 8.29. The zero-order chi connectivity index (χ0) is 15.2. The Hall–Kier alpha value is -1.71. The van der Waals surface area contributed by atoms with Crippen molar-refractivity contribution in [1.82, 2.24) is 15.2 Å². The van der Waals surface area contributed by atoms with E-state index in [1.807, 2.05) is 18.5 Å². The highest BCUT2D eigenvalue weighted by molar-refractivity contribution is 5.24. The van der Waals surface area contributed by atoms with E-state index in [9.17, 15) is 0 Å².